The maximum atomic E-state index is 5.84. The van der Waals surface area contributed by atoms with Gasteiger partial charge in [0.1, 0.15) is 6.33 Å². The van der Waals surface area contributed by atoms with E-state index in [9.17, 15) is 0 Å². The van der Waals surface area contributed by atoms with Gasteiger partial charge in [0.15, 0.2) is 0 Å². The molecule has 1 aromatic heterocycles. The molecule has 1 aliphatic heterocycles. The molecule has 0 amide bonds. The van der Waals surface area contributed by atoms with E-state index in [-0.39, 0.29) is 6.10 Å². The van der Waals surface area contributed by atoms with Gasteiger partial charge in [-0.05, 0) is 36.2 Å². The van der Waals surface area contributed by atoms with Gasteiger partial charge in [-0.15, -0.1) is 0 Å². The molecule has 0 bridgehead atoms. The third-order valence-electron chi connectivity index (χ3n) is 3.47. The molecule has 0 aliphatic carbocycles. The van der Waals surface area contributed by atoms with Gasteiger partial charge < -0.3 is 10.1 Å². The minimum atomic E-state index is 0.137. The number of rotatable bonds is 3. The van der Waals surface area contributed by atoms with Crippen LogP contribution in [0.1, 0.15) is 17.2 Å². The lowest BCUT2D eigenvalue weighted by Crippen LogP contribution is -2.25. The molecule has 98 valence electrons. The lowest BCUT2D eigenvalue weighted by Gasteiger charge is -2.26. The predicted molar refractivity (Wildman–Crippen MR) is 73.8 cm³/mol. The van der Waals surface area contributed by atoms with Gasteiger partial charge in [-0.1, -0.05) is 12.1 Å². The molecule has 0 radical (unpaired) electrons. The largest absolute Gasteiger partial charge is 0.372 e. The summed E-state index contributed by atoms with van der Waals surface area (Å²) in [6.07, 6.45) is 6.35. The summed E-state index contributed by atoms with van der Waals surface area (Å²) in [5.41, 5.74) is 4.85. The molecule has 0 fully saturated rings. The molecule has 0 unspecified atom stereocenters. The number of likely N-dealkylation sites (N-methyl/N-ethyl adjacent to an activating group) is 1. The smallest absolute Gasteiger partial charge is 0.115 e. The van der Waals surface area contributed by atoms with E-state index < -0.39 is 0 Å². The average Bonchev–Trinajstić information content (AvgIpc) is 2.48. The Hall–Kier alpha value is -1.78. The van der Waals surface area contributed by atoms with E-state index in [4.69, 9.17) is 4.74 Å². The Bertz CT molecular complexity index is 557. The van der Waals surface area contributed by atoms with Crippen LogP contribution in [0.4, 0.5) is 0 Å². The van der Waals surface area contributed by atoms with Gasteiger partial charge in [-0.3, -0.25) is 0 Å². The maximum Gasteiger partial charge on any atom is 0.115 e. The standard InChI is InChI=1S/C15H17N3O/c1-16-9-15-14-6-12(13-7-17-10-18-8-13)3-2-11(14)4-5-19-15/h2-3,6-8,10,15-16H,4-5,9H2,1H3/t15-/m1/s1. The molecular formula is C15H17N3O. The van der Waals surface area contributed by atoms with Crippen molar-refractivity contribution in [2.24, 2.45) is 0 Å². The fraction of sp³-hybridized carbons (Fsp3) is 0.333. The van der Waals surface area contributed by atoms with Crippen molar-refractivity contribution in [2.45, 2.75) is 12.5 Å². The zero-order valence-electron chi connectivity index (χ0n) is 11.0. The zero-order chi connectivity index (χ0) is 13.1. The molecular weight excluding hydrogens is 238 g/mol. The van der Waals surface area contributed by atoms with Crippen molar-refractivity contribution in [3.05, 3.63) is 48.0 Å². The molecule has 4 nitrogen and oxygen atoms in total. The van der Waals surface area contributed by atoms with E-state index in [1.54, 1.807) is 6.33 Å². The number of nitrogens with one attached hydrogen (secondary N) is 1. The fourth-order valence-electron chi connectivity index (χ4n) is 2.51. The number of benzene rings is 1. The van der Waals surface area contributed by atoms with Crippen LogP contribution in [0, 0.1) is 0 Å². The predicted octanol–water partition coefficient (Wildman–Crippen LogP) is 1.98. The second kappa shape index (κ2) is 5.47. The molecule has 0 saturated heterocycles. The Kier molecular flexibility index (Phi) is 3.53. The van der Waals surface area contributed by atoms with Crippen LogP contribution in [-0.2, 0) is 11.2 Å². The third-order valence-corrected chi connectivity index (χ3v) is 3.47. The van der Waals surface area contributed by atoms with E-state index >= 15 is 0 Å². The molecule has 2 aromatic rings. The molecule has 1 aromatic carbocycles. The summed E-state index contributed by atoms with van der Waals surface area (Å²) in [7, 11) is 1.95. The highest BCUT2D eigenvalue weighted by atomic mass is 16.5. The fourth-order valence-corrected chi connectivity index (χ4v) is 2.51. The summed E-state index contributed by atoms with van der Waals surface area (Å²) < 4.78 is 5.84. The van der Waals surface area contributed by atoms with E-state index in [2.05, 4.69) is 33.5 Å². The van der Waals surface area contributed by atoms with Gasteiger partial charge in [0.2, 0.25) is 0 Å². The SMILES string of the molecule is CNC[C@H]1OCCc2ccc(-c3cncnc3)cc21. The molecule has 1 atom stereocenters. The van der Waals surface area contributed by atoms with Crippen molar-refractivity contribution in [3.8, 4) is 11.1 Å². The minimum absolute atomic E-state index is 0.137. The molecule has 2 heterocycles. The van der Waals surface area contributed by atoms with Gasteiger partial charge in [0, 0.05) is 24.5 Å². The van der Waals surface area contributed by atoms with Crippen LogP contribution < -0.4 is 5.32 Å². The van der Waals surface area contributed by atoms with Gasteiger partial charge >= 0.3 is 0 Å². The quantitative estimate of drug-likeness (QED) is 0.911. The summed E-state index contributed by atoms with van der Waals surface area (Å²) in [5, 5.41) is 3.19. The van der Waals surface area contributed by atoms with Crippen LogP contribution >= 0.6 is 0 Å². The molecule has 0 saturated carbocycles. The monoisotopic (exact) mass is 255 g/mol. The highest BCUT2D eigenvalue weighted by Crippen LogP contribution is 2.30. The summed E-state index contributed by atoms with van der Waals surface area (Å²) in [6.45, 7) is 1.63. The number of hydrogen-bond acceptors (Lipinski definition) is 4. The van der Waals surface area contributed by atoms with Crippen LogP contribution in [0.2, 0.25) is 0 Å². The highest BCUT2D eigenvalue weighted by Gasteiger charge is 2.20. The number of aromatic nitrogens is 2. The van der Waals surface area contributed by atoms with Gasteiger partial charge in [0.05, 0.1) is 12.7 Å². The highest BCUT2D eigenvalue weighted by molar-refractivity contribution is 5.63. The zero-order valence-corrected chi connectivity index (χ0v) is 11.0. The molecule has 19 heavy (non-hydrogen) atoms. The Labute approximate surface area is 112 Å². The Balaban J connectivity index is 2.00. The Morgan fingerprint density at radius 2 is 2.11 bits per heavy atom. The van der Waals surface area contributed by atoms with Gasteiger partial charge in [0.25, 0.3) is 0 Å². The van der Waals surface area contributed by atoms with E-state index in [1.165, 1.54) is 11.1 Å². The summed E-state index contributed by atoms with van der Waals surface area (Å²) >= 11 is 0. The van der Waals surface area contributed by atoms with Crippen LogP contribution in [0.5, 0.6) is 0 Å². The molecule has 3 rings (SSSR count). The molecule has 1 N–H and O–H groups in total. The average molecular weight is 255 g/mol. The lowest BCUT2D eigenvalue weighted by molar-refractivity contribution is 0.0439. The summed E-state index contributed by atoms with van der Waals surface area (Å²) in [6, 6.07) is 6.54. The molecule has 0 spiro atoms. The van der Waals surface area contributed by atoms with E-state index in [0.717, 1.165) is 30.7 Å². The number of fused-ring (bicyclic) bond motifs is 1. The van der Waals surface area contributed by atoms with Gasteiger partial charge in [-0.25, -0.2) is 9.97 Å². The van der Waals surface area contributed by atoms with E-state index in [1.807, 2.05) is 19.4 Å². The first kappa shape index (κ1) is 12.3. The van der Waals surface area contributed by atoms with Crippen molar-refractivity contribution in [2.75, 3.05) is 20.2 Å². The Morgan fingerprint density at radius 1 is 1.26 bits per heavy atom. The first-order chi connectivity index (χ1) is 9.38. The van der Waals surface area contributed by atoms with E-state index in [0.29, 0.717) is 0 Å². The van der Waals surface area contributed by atoms with Crippen molar-refractivity contribution in [3.63, 3.8) is 0 Å². The summed E-state index contributed by atoms with van der Waals surface area (Å²) in [5.74, 6) is 0. The molecule has 1 aliphatic rings. The first-order valence-electron chi connectivity index (χ1n) is 6.53. The number of hydrogen-bond donors (Lipinski definition) is 1. The summed E-state index contributed by atoms with van der Waals surface area (Å²) in [4.78, 5) is 8.15. The van der Waals surface area contributed by atoms with Crippen LogP contribution in [0.25, 0.3) is 11.1 Å². The Morgan fingerprint density at radius 3 is 2.89 bits per heavy atom. The number of ether oxygens (including phenoxy) is 1. The first-order valence-corrected chi connectivity index (χ1v) is 6.53. The number of nitrogens with zero attached hydrogens (tertiary/aromatic N) is 2. The second-order valence-corrected chi connectivity index (χ2v) is 4.71. The van der Waals surface area contributed by atoms with Crippen molar-refractivity contribution >= 4 is 0 Å². The third kappa shape index (κ3) is 2.50. The molecule has 4 heteroatoms. The maximum absolute atomic E-state index is 5.84. The minimum Gasteiger partial charge on any atom is -0.372 e. The van der Waals surface area contributed by atoms with Crippen LogP contribution in [0.3, 0.4) is 0 Å². The normalized spacial score (nSPS) is 18.1. The topological polar surface area (TPSA) is 47.0 Å². The van der Waals surface area contributed by atoms with Crippen molar-refractivity contribution in [1.29, 1.82) is 0 Å². The van der Waals surface area contributed by atoms with Gasteiger partial charge in [-0.2, -0.15) is 0 Å². The van der Waals surface area contributed by atoms with Crippen LogP contribution in [0.15, 0.2) is 36.9 Å². The van der Waals surface area contributed by atoms with Crippen molar-refractivity contribution in [1.82, 2.24) is 15.3 Å². The second-order valence-electron chi connectivity index (χ2n) is 4.71. The lowest BCUT2D eigenvalue weighted by atomic mass is 9.93. The van der Waals surface area contributed by atoms with Crippen molar-refractivity contribution < 1.29 is 4.74 Å². The van der Waals surface area contributed by atoms with Crippen LogP contribution in [-0.4, -0.2) is 30.2 Å².